The van der Waals surface area contributed by atoms with Gasteiger partial charge in [-0.3, -0.25) is 9.55 Å². The fraction of sp³-hybridized carbons (Fsp3) is 0.0769. The molecule has 152 valence electrons. The molecule has 5 rings (SSSR count). The van der Waals surface area contributed by atoms with Crippen LogP contribution in [0, 0.1) is 23.2 Å². The zero-order chi connectivity index (χ0) is 21.9. The lowest BCUT2D eigenvalue weighted by atomic mass is 10.1. The standard InChI is InChI=1S/C26H18N6/c1-28-26-24-25(32(17-30-24)21-9-6-18(7-10-21)12-13-27)22-15-19(8-11-23(22)31-26)4-5-20-3-2-14-29-16-20/h2-3,6-11,14-17H,12H2,1H3,(H,28,31). The maximum atomic E-state index is 8.94. The van der Waals surface area contributed by atoms with Crippen molar-refractivity contribution in [2.75, 3.05) is 12.4 Å². The van der Waals surface area contributed by atoms with Gasteiger partial charge in [0.15, 0.2) is 5.82 Å². The summed E-state index contributed by atoms with van der Waals surface area (Å²) in [4.78, 5) is 13.5. The lowest BCUT2D eigenvalue weighted by molar-refractivity contribution is 1.09. The van der Waals surface area contributed by atoms with Gasteiger partial charge in [-0.2, -0.15) is 5.26 Å². The number of nitrogens with zero attached hydrogens (tertiary/aromatic N) is 5. The Morgan fingerprint density at radius 3 is 2.62 bits per heavy atom. The van der Waals surface area contributed by atoms with Gasteiger partial charge in [0.05, 0.1) is 23.5 Å². The quantitative estimate of drug-likeness (QED) is 0.441. The van der Waals surface area contributed by atoms with Gasteiger partial charge in [-0.25, -0.2) is 9.97 Å². The average Bonchev–Trinajstić information content (AvgIpc) is 3.29. The normalized spacial score (nSPS) is 10.5. The lowest BCUT2D eigenvalue weighted by Gasteiger charge is -2.10. The van der Waals surface area contributed by atoms with Crippen LogP contribution in [-0.4, -0.2) is 26.6 Å². The van der Waals surface area contributed by atoms with Gasteiger partial charge in [0.25, 0.3) is 0 Å². The Morgan fingerprint density at radius 2 is 1.88 bits per heavy atom. The molecule has 6 nitrogen and oxygen atoms in total. The Bertz CT molecular complexity index is 1530. The van der Waals surface area contributed by atoms with E-state index in [2.05, 4.69) is 43.8 Å². The number of pyridine rings is 2. The van der Waals surface area contributed by atoms with Crippen LogP contribution in [0.3, 0.4) is 0 Å². The molecule has 0 aliphatic heterocycles. The Labute approximate surface area is 185 Å². The molecular weight excluding hydrogens is 396 g/mol. The van der Waals surface area contributed by atoms with Crippen LogP contribution in [0.4, 0.5) is 5.82 Å². The summed E-state index contributed by atoms with van der Waals surface area (Å²) in [5, 5.41) is 13.1. The van der Waals surface area contributed by atoms with Gasteiger partial charge < -0.3 is 5.32 Å². The second-order valence-electron chi connectivity index (χ2n) is 7.25. The van der Waals surface area contributed by atoms with Crippen LogP contribution in [-0.2, 0) is 6.42 Å². The van der Waals surface area contributed by atoms with E-state index in [0.29, 0.717) is 6.42 Å². The second kappa shape index (κ2) is 8.22. The van der Waals surface area contributed by atoms with Crippen LogP contribution >= 0.6 is 0 Å². The molecule has 0 bridgehead atoms. The third-order valence-electron chi connectivity index (χ3n) is 5.22. The van der Waals surface area contributed by atoms with Crippen molar-refractivity contribution in [3.63, 3.8) is 0 Å². The highest BCUT2D eigenvalue weighted by Crippen LogP contribution is 2.31. The zero-order valence-electron chi connectivity index (χ0n) is 17.4. The average molecular weight is 414 g/mol. The summed E-state index contributed by atoms with van der Waals surface area (Å²) < 4.78 is 2.05. The van der Waals surface area contributed by atoms with E-state index in [-0.39, 0.29) is 0 Å². The molecule has 0 saturated heterocycles. The minimum atomic E-state index is 0.390. The van der Waals surface area contributed by atoms with Gasteiger partial charge in [0, 0.05) is 41.6 Å². The van der Waals surface area contributed by atoms with Crippen molar-refractivity contribution in [1.82, 2.24) is 19.5 Å². The van der Waals surface area contributed by atoms with Gasteiger partial charge in [-0.15, -0.1) is 0 Å². The minimum absolute atomic E-state index is 0.390. The number of anilines is 1. The molecule has 0 aliphatic rings. The predicted octanol–water partition coefficient (Wildman–Crippen LogP) is 4.48. The van der Waals surface area contributed by atoms with E-state index in [0.717, 1.165) is 50.1 Å². The highest BCUT2D eigenvalue weighted by atomic mass is 15.1. The lowest BCUT2D eigenvalue weighted by Crippen LogP contribution is -1.98. The Hall–Kier alpha value is -4.68. The van der Waals surface area contributed by atoms with E-state index in [1.54, 1.807) is 18.7 Å². The van der Waals surface area contributed by atoms with Crippen LogP contribution in [0.25, 0.3) is 27.6 Å². The fourth-order valence-electron chi connectivity index (χ4n) is 3.67. The molecule has 0 aliphatic carbocycles. The molecule has 0 spiro atoms. The highest BCUT2D eigenvalue weighted by Gasteiger charge is 2.15. The van der Waals surface area contributed by atoms with Gasteiger partial charge >= 0.3 is 0 Å². The van der Waals surface area contributed by atoms with E-state index in [4.69, 9.17) is 10.2 Å². The van der Waals surface area contributed by atoms with Crippen molar-refractivity contribution in [3.05, 3.63) is 90.0 Å². The first-order valence-electron chi connectivity index (χ1n) is 10.1. The number of rotatable bonds is 3. The Kier molecular flexibility index (Phi) is 4.95. The highest BCUT2D eigenvalue weighted by molar-refractivity contribution is 6.07. The van der Waals surface area contributed by atoms with Crippen molar-refractivity contribution >= 4 is 27.8 Å². The first-order chi connectivity index (χ1) is 15.8. The van der Waals surface area contributed by atoms with Gasteiger partial charge in [-0.05, 0) is 48.0 Å². The number of nitriles is 1. The number of aromatic nitrogens is 4. The summed E-state index contributed by atoms with van der Waals surface area (Å²) in [6, 6.07) is 19.9. The third-order valence-corrected chi connectivity index (χ3v) is 5.22. The molecule has 0 amide bonds. The summed E-state index contributed by atoms with van der Waals surface area (Å²) >= 11 is 0. The molecule has 32 heavy (non-hydrogen) atoms. The molecule has 3 heterocycles. The summed E-state index contributed by atoms with van der Waals surface area (Å²) in [5.74, 6) is 7.11. The van der Waals surface area contributed by atoms with Crippen molar-refractivity contribution in [2.24, 2.45) is 0 Å². The SMILES string of the molecule is CNc1nc2ccc(C#Cc3cccnc3)cc2c2c1ncn2-c1ccc(CC#N)cc1. The number of fused-ring (bicyclic) bond motifs is 3. The molecule has 6 heteroatoms. The molecule has 3 aromatic heterocycles. The number of hydrogen-bond acceptors (Lipinski definition) is 5. The molecule has 0 unspecified atom stereocenters. The molecule has 0 atom stereocenters. The maximum absolute atomic E-state index is 8.94. The second-order valence-corrected chi connectivity index (χ2v) is 7.25. The van der Waals surface area contributed by atoms with Crippen LogP contribution < -0.4 is 5.32 Å². The number of imidazole rings is 1. The Morgan fingerprint density at radius 1 is 1.03 bits per heavy atom. The first kappa shape index (κ1) is 19.3. The van der Waals surface area contributed by atoms with Crippen LogP contribution in [0.5, 0.6) is 0 Å². The smallest absolute Gasteiger partial charge is 0.154 e. The van der Waals surface area contributed by atoms with Crippen molar-refractivity contribution in [3.8, 4) is 23.6 Å². The molecule has 2 aromatic carbocycles. The van der Waals surface area contributed by atoms with Crippen molar-refractivity contribution < 1.29 is 0 Å². The van der Waals surface area contributed by atoms with Gasteiger partial charge in [0.2, 0.25) is 0 Å². The molecule has 1 N–H and O–H groups in total. The van der Waals surface area contributed by atoms with E-state index < -0.39 is 0 Å². The molecule has 0 radical (unpaired) electrons. The summed E-state index contributed by atoms with van der Waals surface area (Å²) in [7, 11) is 1.84. The number of hydrogen-bond donors (Lipinski definition) is 1. The van der Waals surface area contributed by atoms with Crippen LogP contribution in [0.15, 0.2) is 73.3 Å². The first-order valence-corrected chi connectivity index (χ1v) is 10.1. The largest absolute Gasteiger partial charge is 0.371 e. The summed E-state index contributed by atoms with van der Waals surface area (Å²) in [6.45, 7) is 0. The Balaban J connectivity index is 1.69. The topological polar surface area (TPSA) is 79.4 Å². The third kappa shape index (κ3) is 3.51. The van der Waals surface area contributed by atoms with Gasteiger partial charge in [-0.1, -0.05) is 24.0 Å². The molecule has 0 fully saturated rings. The van der Waals surface area contributed by atoms with Crippen LogP contribution in [0.2, 0.25) is 0 Å². The van der Waals surface area contributed by atoms with Crippen LogP contribution in [0.1, 0.15) is 16.7 Å². The number of benzene rings is 2. The van der Waals surface area contributed by atoms with E-state index in [9.17, 15) is 0 Å². The van der Waals surface area contributed by atoms with Gasteiger partial charge in [0.1, 0.15) is 11.8 Å². The monoisotopic (exact) mass is 414 g/mol. The molecule has 0 saturated carbocycles. The maximum Gasteiger partial charge on any atom is 0.154 e. The van der Waals surface area contributed by atoms with E-state index in [1.165, 1.54) is 0 Å². The summed E-state index contributed by atoms with van der Waals surface area (Å²) in [6.07, 6.45) is 5.68. The molecule has 5 aromatic rings. The van der Waals surface area contributed by atoms with Crippen molar-refractivity contribution in [2.45, 2.75) is 6.42 Å². The van der Waals surface area contributed by atoms with Crippen molar-refractivity contribution in [1.29, 1.82) is 5.26 Å². The minimum Gasteiger partial charge on any atom is -0.371 e. The summed E-state index contributed by atoms with van der Waals surface area (Å²) in [5.41, 5.74) is 6.31. The molecular formula is C26H18N6. The predicted molar refractivity (Wildman–Crippen MR) is 125 cm³/mol. The fourth-order valence-corrected chi connectivity index (χ4v) is 3.67. The number of nitrogens with one attached hydrogen (secondary N) is 1. The van der Waals surface area contributed by atoms with E-state index in [1.807, 2.05) is 55.6 Å². The van der Waals surface area contributed by atoms with E-state index >= 15 is 0 Å². The zero-order valence-corrected chi connectivity index (χ0v) is 17.4.